The summed E-state index contributed by atoms with van der Waals surface area (Å²) < 4.78 is 1.80. The van der Waals surface area contributed by atoms with Gasteiger partial charge in [-0.3, -0.25) is 9.48 Å². The molecular weight excluding hydrogens is 374 g/mol. The minimum Gasteiger partial charge on any atom is -0.377 e. The number of hydrogen-bond acceptors (Lipinski definition) is 4. The highest BCUT2D eigenvalue weighted by atomic mass is 35.5. The smallest absolute Gasteiger partial charge is 0.258 e. The van der Waals surface area contributed by atoms with Crippen LogP contribution >= 0.6 is 11.6 Å². The third kappa shape index (κ3) is 3.87. The molecular formula is C21H22ClN5O. The van der Waals surface area contributed by atoms with Crippen molar-refractivity contribution in [1.82, 2.24) is 14.8 Å². The summed E-state index contributed by atoms with van der Waals surface area (Å²) in [5, 5.41) is 8.33. The highest BCUT2D eigenvalue weighted by molar-refractivity contribution is 6.33. The van der Waals surface area contributed by atoms with E-state index in [9.17, 15) is 4.79 Å². The summed E-state index contributed by atoms with van der Waals surface area (Å²) in [5.41, 5.74) is 2.10. The van der Waals surface area contributed by atoms with Crippen molar-refractivity contribution in [2.75, 3.05) is 17.3 Å². The number of carbonyl (C=O) groups is 1. The molecule has 6 nitrogen and oxygen atoms in total. The molecule has 0 spiro atoms. The molecule has 28 heavy (non-hydrogen) atoms. The third-order valence-electron chi connectivity index (χ3n) is 4.91. The van der Waals surface area contributed by atoms with Crippen molar-refractivity contribution >= 4 is 28.9 Å². The van der Waals surface area contributed by atoms with Crippen LogP contribution in [0.3, 0.4) is 0 Å². The first-order chi connectivity index (χ1) is 13.5. The van der Waals surface area contributed by atoms with Crippen molar-refractivity contribution in [2.45, 2.75) is 25.3 Å². The standard InChI is InChI=1S/C21H22ClN5O/c1-26(16-6-4-3-5-7-16)21(28)15-10-11-17(22)18(12-15)23-13-19-24-20(14-8-9-14)25-27(19)2/h3-7,10-12,14,23H,8-9,13H2,1-2H3. The highest BCUT2D eigenvalue weighted by Crippen LogP contribution is 2.38. The Labute approximate surface area is 169 Å². The van der Waals surface area contributed by atoms with Crippen LogP contribution in [0, 0.1) is 0 Å². The first-order valence-corrected chi connectivity index (χ1v) is 9.67. The molecule has 4 rings (SSSR count). The van der Waals surface area contributed by atoms with Crippen LogP contribution in [-0.4, -0.2) is 27.7 Å². The van der Waals surface area contributed by atoms with Gasteiger partial charge in [0.2, 0.25) is 0 Å². The molecule has 0 radical (unpaired) electrons. The molecule has 0 bridgehead atoms. The van der Waals surface area contributed by atoms with Crippen LogP contribution in [0.15, 0.2) is 48.5 Å². The number of nitrogens with zero attached hydrogens (tertiary/aromatic N) is 4. The number of hydrogen-bond donors (Lipinski definition) is 1. The minimum atomic E-state index is -0.0967. The maximum atomic E-state index is 12.9. The maximum absolute atomic E-state index is 12.9. The van der Waals surface area contributed by atoms with E-state index in [-0.39, 0.29) is 5.91 Å². The van der Waals surface area contributed by atoms with Gasteiger partial charge in [0.25, 0.3) is 5.91 Å². The van der Waals surface area contributed by atoms with Gasteiger partial charge in [-0.25, -0.2) is 4.98 Å². The van der Waals surface area contributed by atoms with Crippen molar-refractivity contribution in [3.8, 4) is 0 Å². The minimum absolute atomic E-state index is 0.0967. The van der Waals surface area contributed by atoms with E-state index in [0.717, 1.165) is 17.3 Å². The molecule has 2 aromatic carbocycles. The number of carbonyl (C=O) groups excluding carboxylic acids is 1. The molecule has 1 amide bonds. The summed E-state index contributed by atoms with van der Waals surface area (Å²) >= 11 is 6.34. The quantitative estimate of drug-likeness (QED) is 0.678. The Bertz CT molecular complexity index is 997. The zero-order valence-electron chi connectivity index (χ0n) is 15.9. The second kappa shape index (κ2) is 7.64. The Kier molecular flexibility index (Phi) is 5.05. The maximum Gasteiger partial charge on any atom is 0.258 e. The molecule has 3 aromatic rings. The lowest BCUT2D eigenvalue weighted by molar-refractivity contribution is 0.0993. The fourth-order valence-corrected chi connectivity index (χ4v) is 3.22. The zero-order chi connectivity index (χ0) is 19.7. The molecule has 1 aromatic heterocycles. The van der Waals surface area contributed by atoms with E-state index < -0.39 is 0 Å². The summed E-state index contributed by atoms with van der Waals surface area (Å²) in [5.74, 6) is 2.17. The van der Waals surface area contributed by atoms with Crippen molar-refractivity contribution < 1.29 is 4.79 Å². The Morgan fingerprint density at radius 1 is 1.25 bits per heavy atom. The molecule has 1 saturated carbocycles. The molecule has 1 N–H and O–H groups in total. The Hall–Kier alpha value is -2.86. The average molecular weight is 396 g/mol. The molecule has 0 saturated heterocycles. The van der Waals surface area contributed by atoms with Gasteiger partial charge < -0.3 is 10.2 Å². The largest absolute Gasteiger partial charge is 0.377 e. The van der Waals surface area contributed by atoms with E-state index >= 15 is 0 Å². The van der Waals surface area contributed by atoms with E-state index in [2.05, 4.69) is 15.4 Å². The van der Waals surface area contributed by atoms with Gasteiger partial charge in [-0.2, -0.15) is 5.10 Å². The lowest BCUT2D eigenvalue weighted by atomic mass is 10.1. The lowest BCUT2D eigenvalue weighted by Crippen LogP contribution is -2.26. The Morgan fingerprint density at radius 2 is 2.00 bits per heavy atom. The van der Waals surface area contributed by atoms with Gasteiger partial charge in [0, 0.05) is 31.3 Å². The molecule has 1 aliphatic rings. The Balaban J connectivity index is 1.50. The molecule has 1 heterocycles. The zero-order valence-corrected chi connectivity index (χ0v) is 16.6. The molecule has 7 heteroatoms. The van der Waals surface area contributed by atoms with Gasteiger partial charge in [-0.05, 0) is 43.2 Å². The normalized spacial score (nSPS) is 13.4. The molecule has 144 valence electrons. The summed E-state index contributed by atoms with van der Waals surface area (Å²) in [6.45, 7) is 0.488. The number of anilines is 2. The highest BCUT2D eigenvalue weighted by Gasteiger charge is 2.28. The molecule has 0 atom stereocenters. The van der Waals surface area contributed by atoms with Crippen LogP contribution in [0.1, 0.15) is 40.8 Å². The van der Waals surface area contributed by atoms with E-state index in [0.29, 0.717) is 28.7 Å². The number of aromatic nitrogens is 3. The number of nitrogens with one attached hydrogen (secondary N) is 1. The predicted octanol–water partition coefficient (Wildman–Crippen LogP) is 4.23. The summed E-state index contributed by atoms with van der Waals surface area (Å²) in [7, 11) is 3.66. The van der Waals surface area contributed by atoms with Crippen LogP contribution in [0.5, 0.6) is 0 Å². The number of amides is 1. The summed E-state index contributed by atoms with van der Waals surface area (Å²) in [6.07, 6.45) is 2.34. The van der Waals surface area contributed by atoms with Crippen LogP contribution < -0.4 is 10.2 Å². The van der Waals surface area contributed by atoms with Crippen molar-refractivity contribution in [2.24, 2.45) is 7.05 Å². The van der Waals surface area contributed by atoms with E-state index in [1.54, 1.807) is 34.8 Å². The fraction of sp³-hybridized carbons (Fsp3) is 0.286. The van der Waals surface area contributed by atoms with Crippen LogP contribution in [0.2, 0.25) is 5.02 Å². The number of aryl methyl sites for hydroxylation is 1. The SMILES string of the molecule is CN(C(=O)c1ccc(Cl)c(NCc2nc(C3CC3)nn2C)c1)c1ccccc1. The van der Waals surface area contributed by atoms with Gasteiger partial charge in [0.05, 0.1) is 17.3 Å². The summed E-state index contributed by atoms with van der Waals surface area (Å²) in [6, 6.07) is 14.8. The first kappa shape index (κ1) is 18.5. The Morgan fingerprint density at radius 3 is 2.71 bits per heavy atom. The molecule has 0 unspecified atom stereocenters. The van der Waals surface area contributed by atoms with Gasteiger partial charge in [-0.1, -0.05) is 29.8 Å². The van der Waals surface area contributed by atoms with E-state index in [1.165, 1.54) is 12.8 Å². The van der Waals surface area contributed by atoms with Crippen LogP contribution in [0.25, 0.3) is 0 Å². The molecule has 1 fully saturated rings. The third-order valence-corrected chi connectivity index (χ3v) is 5.24. The van der Waals surface area contributed by atoms with Crippen molar-refractivity contribution in [3.05, 3.63) is 70.8 Å². The van der Waals surface area contributed by atoms with Crippen LogP contribution in [-0.2, 0) is 13.6 Å². The first-order valence-electron chi connectivity index (χ1n) is 9.29. The number of para-hydroxylation sites is 1. The van der Waals surface area contributed by atoms with Crippen LogP contribution in [0.4, 0.5) is 11.4 Å². The van der Waals surface area contributed by atoms with Crippen molar-refractivity contribution in [1.29, 1.82) is 0 Å². The summed E-state index contributed by atoms with van der Waals surface area (Å²) in [4.78, 5) is 19.1. The van der Waals surface area contributed by atoms with Crippen molar-refractivity contribution in [3.63, 3.8) is 0 Å². The molecule has 0 aliphatic heterocycles. The lowest BCUT2D eigenvalue weighted by Gasteiger charge is -2.18. The number of benzene rings is 2. The predicted molar refractivity (Wildman–Crippen MR) is 111 cm³/mol. The number of halogens is 1. The molecule has 1 aliphatic carbocycles. The number of rotatable bonds is 6. The average Bonchev–Trinajstić information content (AvgIpc) is 3.50. The topological polar surface area (TPSA) is 63.1 Å². The van der Waals surface area contributed by atoms with Gasteiger partial charge >= 0.3 is 0 Å². The second-order valence-corrected chi connectivity index (χ2v) is 7.44. The van der Waals surface area contributed by atoms with E-state index in [1.807, 2.05) is 37.4 Å². The monoisotopic (exact) mass is 395 g/mol. The van der Waals surface area contributed by atoms with Gasteiger partial charge in [0.15, 0.2) is 5.82 Å². The van der Waals surface area contributed by atoms with Gasteiger partial charge in [0.1, 0.15) is 5.82 Å². The van der Waals surface area contributed by atoms with Gasteiger partial charge in [-0.15, -0.1) is 0 Å². The second-order valence-electron chi connectivity index (χ2n) is 7.03. The fourth-order valence-electron chi connectivity index (χ4n) is 3.04. The van der Waals surface area contributed by atoms with E-state index in [4.69, 9.17) is 11.6 Å².